The van der Waals surface area contributed by atoms with Crippen molar-refractivity contribution in [3.05, 3.63) is 65.2 Å². The number of benzene rings is 2. The topological polar surface area (TPSA) is 43.7 Å². The minimum Gasteiger partial charge on any atom is -0.508 e. The maximum Gasteiger partial charge on any atom is 0.115 e. The van der Waals surface area contributed by atoms with E-state index in [1.165, 1.54) is 16.7 Å². The number of hydrogen-bond acceptors (Lipinski definition) is 3. The molecule has 3 heteroatoms. The molecule has 2 unspecified atom stereocenters. The van der Waals surface area contributed by atoms with Gasteiger partial charge in [0.05, 0.1) is 5.60 Å². The number of likely N-dealkylation sites (tertiary alicyclic amines) is 1. The van der Waals surface area contributed by atoms with Crippen LogP contribution in [0.5, 0.6) is 5.75 Å². The van der Waals surface area contributed by atoms with Crippen molar-refractivity contribution < 1.29 is 10.2 Å². The molecule has 3 nitrogen and oxygen atoms in total. The van der Waals surface area contributed by atoms with Gasteiger partial charge in [0.2, 0.25) is 0 Å². The van der Waals surface area contributed by atoms with Crippen LogP contribution in [0, 0.1) is 18.8 Å². The van der Waals surface area contributed by atoms with Crippen LogP contribution < -0.4 is 0 Å². The van der Waals surface area contributed by atoms with Crippen LogP contribution in [0.3, 0.4) is 0 Å². The second-order valence-corrected chi connectivity index (χ2v) is 8.49. The van der Waals surface area contributed by atoms with E-state index in [4.69, 9.17) is 0 Å². The molecule has 1 saturated carbocycles. The van der Waals surface area contributed by atoms with Gasteiger partial charge in [0.1, 0.15) is 5.75 Å². The lowest BCUT2D eigenvalue weighted by atomic mass is 9.91. The van der Waals surface area contributed by atoms with Crippen molar-refractivity contribution in [1.82, 2.24) is 4.90 Å². The summed E-state index contributed by atoms with van der Waals surface area (Å²) in [6.45, 7) is 5.39. The Morgan fingerprint density at radius 2 is 1.50 bits per heavy atom. The van der Waals surface area contributed by atoms with Crippen LogP contribution in [0.1, 0.15) is 29.5 Å². The first kappa shape index (κ1) is 17.6. The first-order valence-corrected chi connectivity index (χ1v) is 9.77. The van der Waals surface area contributed by atoms with Gasteiger partial charge in [-0.25, -0.2) is 0 Å². The molecule has 1 saturated heterocycles. The van der Waals surface area contributed by atoms with Crippen molar-refractivity contribution >= 4 is 0 Å². The number of fused-ring (bicyclic) bond motifs is 1. The Labute approximate surface area is 156 Å². The predicted octanol–water partition coefficient (Wildman–Crippen LogP) is 3.56. The van der Waals surface area contributed by atoms with Crippen molar-refractivity contribution in [3.63, 3.8) is 0 Å². The lowest BCUT2D eigenvalue weighted by molar-refractivity contribution is 0.0355. The zero-order valence-corrected chi connectivity index (χ0v) is 15.6. The summed E-state index contributed by atoms with van der Waals surface area (Å²) in [4.78, 5) is 2.55. The highest BCUT2D eigenvalue weighted by Gasteiger charge is 2.47. The molecular weight excluding hydrogens is 322 g/mol. The van der Waals surface area contributed by atoms with E-state index in [-0.39, 0.29) is 0 Å². The molecule has 0 radical (unpaired) electrons. The van der Waals surface area contributed by atoms with Gasteiger partial charge in [-0.2, -0.15) is 0 Å². The number of rotatable bonds is 5. The molecule has 2 aromatic rings. The molecule has 2 fully saturated rings. The summed E-state index contributed by atoms with van der Waals surface area (Å²) >= 11 is 0. The Morgan fingerprint density at radius 1 is 0.923 bits per heavy atom. The zero-order valence-electron chi connectivity index (χ0n) is 15.6. The minimum absolute atomic E-state index is 0.331. The summed E-state index contributed by atoms with van der Waals surface area (Å²) in [5, 5.41) is 20.5. The molecule has 138 valence electrons. The summed E-state index contributed by atoms with van der Waals surface area (Å²) in [5.41, 5.74) is 3.28. The summed E-state index contributed by atoms with van der Waals surface area (Å²) in [5.74, 6) is 1.59. The van der Waals surface area contributed by atoms with Crippen molar-refractivity contribution in [3.8, 4) is 5.75 Å². The van der Waals surface area contributed by atoms with E-state index in [0.29, 0.717) is 17.6 Å². The van der Waals surface area contributed by atoms with Gasteiger partial charge in [-0.05, 0) is 61.3 Å². The normalized spacial score (nSPS) is 28.4. The molecule has 1 heterocycles. The Hall–Kier alpha value is -1.84. The SMILES string of the molecule is Cc1ccc(CC2(O)CC3CN(CCc4ccc(O)cc4)CC3C2)cc1. The highest BCUT2D eigenvalue weighted by molar-refractivity contribution is 5.26. The van der Waals surface area contributed by atoms with Gasteiger partial charge >= 0.3 is 0 Å². The molecule has 0 amide bonds. The fraction of sp³-hybridized carbons (Fsp3) is 0.478. The van der Waals surface area contributed by atoms with Crippen LogP contribution in [0.25, 0.3) is 0 Å². The Bertz CT molecular complexity index is 724. The average molecular weight is 351 g/mol. The molecule has 2 atom stereocenters. The molecule has 0 aromatic heterocycles. The quantitative estimate of drug-likeness (QED) is 0.866. The Kier molecular flexibility index (Phi) is 4.76. The van der Waals surface area contributed by atoms with E-state index < -0.39 is 5.60 Å². The monoisotopic (exact) mass is 351 g/mol. The molecule has 2 aliphatic rings. The number of phenols is 1. The van der Waals surface area contributed by atoms with Crippen LogP contribution in [0.2, 0.25) is 0 Å². The number of hydrogen-bond donors (Lipinski definition) is 2. The third kappa shape index (κ3) is 3.94. The zero-order chi connectivity index (χ0) is 18.1. The molecule has 4 rings (SSSR count). The van der Waals surface area contributed by atoms with Crippen LogP contribution in [-0.4, -0.2) is 40.3 Å². The first-order valence-electron chi connectivity index (χ1n) is 9.77. The largest absolute Gasteiger partial charge is 0.508 e. The van der Waals surface area contributed by atoms with E-state index >= 15 is 0 Å². The third-order valence-corrected chi connectivity index (χ3v) is 6.24. The standard InChI is InChI=1S/C23H29NO2/c1-17-2-4-19(5-3-17)12-23(26)13-20-15-24(16-21(20)14-23)11-10-18-6-8-22(25)9-7-18/h2-9,20-21,25-26H,10-16H2,1H3. The fourth-order valence-corrected chi connectivity index (χ4v) is 4.92. The molecule has 1 aliphatic carbocycles. The van der Waals surface area contributed by atoms with Crippen LogP contribution in [-0.2, 0) is 12.8 Å². The summed E-state index contributed by atoms with van der Waals surface area (Å²) in [7, 11) is 0. The van der Waals surface area contributed by atoms with E-state index in [0.717, 1.165) is 45.3 Å². The minimum atomic E-state index is -0.520. The van der Waals surface area contributed by atoms with Gasteiger partial charge in [0.15, 0.2) is 0 Å². The van der Waals surface area contributed by atoms with Crippen molar-refractivity contribution in [1.29, 1.82) is 0 Å². The molecule has 0 spiro atoms. The average Bonchev–Trinajstić information content (AvgIpc) is 3.11. The van der Waals surface area contributed by atoms with E-state index in [1.807, 2.05) is 12.1 Å². The number of phenolic OH excluding ortho intramolecular Hbond substituents is 1. The summed E-state index contributed by atoms with van der Waals surface area (Å²) in [6.07, 6.45) is 3.67. The van der Waals surface area contributed by atoms with Crippen LogP contribution in [0.15, 0.2) is 48.5 Å². The van der Waals surface area contributed by atoms with Gasteiger partial charge < -0.3 is 15.1 Å². The smallest absolute Gasteiger partial charge is 0.115 e. The van der Waals surface area contributed by atoms with Crippen LogP contribution >= 0.6 is 0 Å². The number of aryl methyl sites for hydroxylation is 1. The van der Waals surface area contributed by atoms with Crippen molar-refractivity contribution in [2.24, 2.45) is 11.8 Å². The van der Waals surface area contributed by atoms with E-state index in [1.54, 1.807) is 12.1 Å². The second-order valence-electron chi connectivity index (χ2n) is 8.49. The molecule has 2 aromatic carbocycles. The number of aromatic hydroxyl groups is 1. The van der Waals surface area contributed by atoms with E-state index in [9.17, 15) is 10.2 Å². The maximum absolute atomic E-state index is 11.1. The lowest BCUT2D eigenvalue weighted by Gasteiger charge is -2.26. The molecule has 2 N–H and O–H groups in total. The van der Waals surface area contributed by atoms with Gasteiger partial charge in [-0.15, -0.1) is 0 Å². The van der Waals surface area contributed by atoms with Gasteiger partial charge in [-0.1, -0.05) is 42.0 Å². The highest BCUT2D eigenvalue weighted by Crippen LogP contribution is 2.45. The van der Waals surface area contributed by atoms with Gasteiger partial charge in [-0.3, -0.25) is 0 Å². The fourth-order valence-electron chi connectivity index (χ4n) is 4.92. The highest BCUT2D eigenvalue weighted by atomic mass is 16.3. The second kappa shape index (κ2) is 7.05. The number of aliphatic hydroxyl groups is 1. The number of nitrogens with zero attached hydrogens (tertiary/aromatic N) is 1. The van der Waals surface area contributed by atoms with Crippen molar-refractivity contribution in [2.75, 3.05) is 19.6 Å². The maximum atomic E-state index is 11.1. The Morgan fingerprint density at radius 3 is 2.12 bits per heavy atom. The predicted molar refractivity (Wildman–Crippen MR) is 104 cm³/mol. The van der Waals surface area contributed by atoms with Crippen molar-refractivity contribution in [2.45, 2.75) is 38.2 Å². The summed E-state index contributed by atoms with van der Waals surface area (Å²) < 4.78 is 0. The summed E-state index contributed by atoms with van der Waals surface area (Å²) in [6, 6.07) is 16.1. The first-order chi connectivity index (χ1) is 12.5. The lowest BCUT2D eigenvalue weighted by Crippen LogP contribution is -2.32. The molecule has 0 bridgehead atoms. The van der Waals surface area contributed by atoms with Gasteiger partial charge in [0.25, 0.3) is 0 Å². The Balaban J connectivity index is 1.29. The van der Waals surface area contributed by atoms with Gasteiger partial charge in [0, 0.05) is 26.1 Å². The molecule has 26 heavy (non-hydrogen) atoms. The molecular formula is C23H29NO2. The molecule has 1 aliphatic heterocycles. The van der Waals surface area contributed by atoms with E-state index in [2.05, 4.69) is 36.1 Å². The third-order valence-electron chi connectivity index (χ3n) is 6.24. The van der Waals surface area contributed by atoms with Crippen LogP contribution in [0.4, 0.5) is 0 Å².